The second kappa shape index (κ2) is 15.7. The smallest absolute Gasteiger partial charge is 0.410 e. The van der Waals surface area contributed by atoms with E-state index in [1.807, 2.05) is 51.1 Å². The number of aliphatic carboxylic acids is 1. The first-order valence-corrected chi connectivity index (χ1v) is 13.8. The molecule has 9 nitrogen and oxygen atoms in total. The normalized spacial score (nSPS) is 14.0. The molecule has 0 fully saturated rings. The first kappa shape index (κ1) is 30.7. The highest BCUT2D eigenvalue weighted by Gasteiger charge is 2.26. The fourth-order valence-electron chi connectivity index (χ4n) is 4.56. The molecule has 0 bridgehead atoms. The Morgan fingerprint density at radius 3 is 2.70 bits per heavy atom. The summed E-state index contributed by atoms with van der Waals surface area (Å²) in [6, 6.07) is 3.80. The van der Waals surface area contributed by atoms with Gasteiger partial charge in [-0.15, -0.1) is 0 Å². The van der Waals surface area contributed by atoms with Gasteiger partial charge in [-0.05, 0) is 49.5 Å². The van der Waals surface area contributed by atoms with E-state index < -0.39 is 12.1 Å². The van der Waals surface area contributed by atoms with Gasteiger partial charge in [0.2, 0.25) is 5.89 Å². The summed E-state index contributed by atoms with van der Waals surface area (Å²) in [5.41, 5.74) is 4.65. The lowest BCUT2D eigenvalue weighted by atomic mass is 9.92. The zero-order valence-corrected chi connectivity index (χ0v) is 23.9. The summed E-state index contributed by atoms with van der Waals surface area (Å²) in [5.74, 6) is 1.26. The molecule has 0 saturated carbocycles. The van der Waals surface area contributed by atoms with Crippen LogP contribution in [-0.2, 0) is 40.1 Å². The van der Waals surface area contributed by atoms with Crippen molar-refractivity contribution >= 4 is 17.6 Å². The molecule has 4 rings (SSSR count). The van der Waals surface area contributed by atoms with Crippen LogP contribution in [-0.4, -0.2) is 60.5 Å². The van der Waals surface area contributed by atoms with Gasteiger partial charge in [0.1, 0.15) is 18.1 Å². The fourth-order valence-corrected chi connectivity index (χ4v) is 4.56. The Labute approximate surface area is 236 Å². The Hall–Kier alpha value is -3.85. The van der Waals surface area contributed by atoms with E-state index >= 15 is 0 Å². The van der Waals surface area contributed by atoms with Crippen molar-refractivity contribution in [3.8, 4) is 5.75 Å². The van der Waals surface area contributed by atoms with Crippen molar-refractivity contribution in [1.29, 1.82) is 0 Å². The molecule has 9 heteroatoms. The van der Waals surface area contributed by atoms with Gasteiger partial charge in [-0.2, -0.15) is 0 Å². The number of benzene rings is 1. The van der Waals surface area contributed by atoms with Crippen LogP contribution < -0.4 is 4.74 Å². The van der Waals surface area contributed by atoms with Crippen LogP contribution in [0.25, 0.3) is 5.57 Å². The van der Waals surface area contributed by atoms with Gasteiger partial charge in [0.25, 0.3) is 0 Å². The van der Waals surface area contributed by atoms with Crippen molar-refractivity contribution < 1.29 is 33.3 Å². The molecule has 2 heterocycles. The second-order valence-electron chi connectivity index (χ2n) is 9.16. The fraction of sp³-hybridized carbons (Fsp3) is 0.452. The lowest BCUT2D eigenvalue weighted by Gasteiger charge is -2.31. The van der Waals surface area contributed by atoms with E-state index in [0.717, 1.165) is 45.9 Å². The third-order valence-electron chi connectivity index (χ3n) is 6.58. The van der Waals surface area contributed by atoms with Crippen LogP contribution in [0.1, 0.15) is 60.7 Å². The molecule has 0 saturated heterocycles. The van der Waals surface area contributed by atoms with Crippen molar-refractivity contribution in [3.05, 3.63) is 76.5 Å². The molecular formula is C31H40N2O7. The van der Waals surface area contributed by atoms with Crippen LogP contribution >= 0.6 is 0 Å². The number of fused-ring (bicyclic) bond motifs is 1. The van der Waals surface area contributed by atoms with Crippen LogP contribution in [0, 0.1) is 6.92 Å². The van der Waals surface area contributed by atoms with E-state index in [4.69, 9.17) is 23.6 Å². The number of methoxy groups -OCH3 is 1. The number of allylic oxidation sites excluding steroid dienone is 6. The lowest BCUT2D eigenvalue weighted by molar-refractivity contribution is -0.136. The van der Waals surface area contributed by atoms with Gasteiger partial charge in [0.05, 0.1) is 18.9 Å². The molecule has 40 heavy (non-hydrogen) atoms. The Morgan fingerprint density at radius 1 is 1.10 bits per heavy atom. The van der Waals surface area contributed by atoms with E-state index in [1.165, 1.54) is 0 Å². The van der Waals surface area contributed by atoms with Crippen LogP contribution in [0.4, 0.5) is 4.79 Å². The third-order valence-corrected chi connectivity index (χ3v) is 6.58. The zero-order valence-electron chi connectivity index (χ0n) is 23.9. The number of ether oxygens (including phenoxy) is 3. The maximum absolute atomic E-state index is 12.5. The van der Waals surface area contributed by atoms with Crippen LogP contribution in [0.15, 0.2) is 46.9 Å². The standard InChI is InChI=1S/C29H34N2O7.C2H6/c1-20-25(30-28(38-20)22-7-5-3-4-6-8-22)14-16-36-26-11-9-21(10-12-27(32)33)24-19-31(15-13-23(24)26)29(34)37-18-17-35-2;1-2/h3-5,7-9,11H,6,10,12-19H2,1-2H3,(H,32,33);1-2H3. The molecule has 0 radical (unpaired) electrons. The summed E-state index contributed by atoms with van der Waals surface area (Å²) in [7, 11) is 1.55. The monoisotopic (exact) mass is 552 g/mol. The van der Waals surface area contributed by atoms with Crippen LogP contribution in [0.2, 0.25) is 0 Å². The number of aromatic nitrogens is 1. The predicted molar refractivity (Wildman–Crippen MR) is 152 cm³/mol. The average Bonchev–Trinajstić information content (AvgIpc) is 3.14. The Balaban J connectivity index is 0.00000216. The zero-order chi connectivity index (χ0) is 28.9. The van der Waals surface area contributed by atoms with Gasteiger partial charge < -0.3 is 28.6 Å². The van der Waals surface area contributed by atoms with Crippen molar-refractivity contribution in [2.75, 3.05) is 33.5 Å². The van der Waals surface area contributed by atoms with Crippen LogP contribution in [0.3, 0.4) is 0 Å². The minimum Gasteiger partial charge on any atom is -0.493 e. The molecule has 1 aliphatic heterocycles. The highest BCUT2D eigenvalue weighted by Crippen LogP contribution is 2.32. The van der Waals surface area contributed by atoms with Gasteiger partial charge in [0.15, 0.2) is 0 Å². The topological polar surface area (TPSA) is 111 Å². The minimum atomic E-state index is -0.862. The van der Waals surface area contributed by atoms with Crippen LogP contribution in [0.5, 0.6) is 5.75 Å². The van der Waals surface area contributed by atoms with Crippen molar-refractivity contribution in [2.24, 2.45) is 0 Å². The number of oxazole rings is 1. The lowest BCUT2D eigenvalue weighted by Crippen LogP contribution is -2.37. The molecule has 1 N–H and O–H groups in total. The highest BCUT2D eigenvalue weighted by atomic mass is 16.6. The quantitative estimate of drug-likeness (QED) is 0.354. The number of carboxylic acid groups (broad SMARTS) is 1. The van der Waals surface area contributed by atoms with Gasteiger partial charge in [-0.1, -0.05) is 44.2 Å². The molecule has 0 spiro atoms. The molecule has 0 atom stereocenters. The SMILES string of the molecule is CC.COCCOC(=O)N1CCc2c(OCCc3nc(C4=CCC=CC=C4)oc3C)ccc(CCC(=O)O)c2C1. The number of hydrogen-bond acceptors (Lipinski definition) is 7. The first-order valence-electron chi connectivity index (χ1n) is 13.8. The summed E-state index contributed by atoms with van der Waals surface area (Å²) in [4.78, 5) is 30.1. The maximum atomic E-state index is 12.5. The largest absolute Gasteiger partial charge is 0.493 e. The molecule has 1 amide bonds. The number of nitrogens with zero attached hydrogens (tertiary/aromatic N) is 2. The maximum Gasteiger partial charge on any atom is 0.410 e. The highest BCUT2D eigenvalue weighted by molar-refractivity contribution is 5.70. The van der Waals surface area contributed by atoms with Crippen molar-refractivity contribution in [2.45, 2.75) is 59.4 Å². The summed E-state index contributed by atoms with van der Waals surface area (Å²) in [6.45, 7) is 7.66. The number of hydrogen-bond donors (Lipinski definition) is 1. The third kappa shape index (κ3) is 8.32. The number of rotatable bonds is 11. The van der Waals surface area contributed by atoms with Gasteiger partial charge in [0, 0.05) is 44.2 Å². The second-order valence-corrected chi connectivity index (χ2v) is 9.16. The minimum absolute atomic E-state index is 0.0143. The van der Waals surface area contributed by atoms with Crippen molar-refractivity contribution in [1.82, 2.24) is 9.88 Å². The van der Waals surface area contributed by atoms with Gasteiger partial charge in [-0.3, -0.25) is 4.79 Å². The summed E-state index contributed by atoms with van der Waals surface area (Å²) in [6.07, 6.45) is 12.1. The number of aryl methyl sites for hydroxylation is 2. The summed E-state index contributed by atoms with van der Waals surface area (Å²) < 4.78 is 22.4. The molecule has 1 aromatic carbocycles. The molecule has 0 unspecified atom stereocenters. The molecule has 1 aliphatic carbocycles. The molecule has 1 aromatic heterocycles. The summed E-state index contributed by atoms with van der Waals surface area (Å²) in [5, 5.41) is 9.19. The van der Waals surface area contributed by atoms with E-state index in [1.54, 1.807) is 12.0 Å². The predicted octanol–water partition coefficient (Wildman–Crippen LogP) is 5.69. The number of amides is 1. The Bertz CT molecular complexity index is 1240. The van der Waals surface area contributed by atoms with Crippen molar-refractivity contribution in [3.63, 3.8) is 0 Å². The van der Waals surface area contributed by atoms with E-state index in [9.17, 15) is 14.7 Å². The van der Waals surface area contributed by atoms with E-state index in [0.29, 0.717) is 51.5 Å². The number of carbonyl (C=O) groups excluding carboxylic acids is 1. The van der Waals surface area contributed by atoms with E-state index in [-0.39, 0.29) is 13.0 Å². The Kier molecular flexibility index (Phi) is 12.0. The molecule has 216 valence electrons. The molecular weight excluding hydrogens is 512 g/mol. The Morgan fingerprint density at radius 2 is 1.93 bits per heavy atom. The van der Waals surface area contributed by atoms with Gasteiger partial charge >= 0.3 is 12.1 Å². The molecule has 2 aromatic rings. The first-order chi connectivity index (χ1) is 19.5. The number of carboxylic acids is 1. The van der Waals surface area contributed by atoms with E-state index in [2.05, 4.69) is 12.2 Å². The van der Waals surface area contributed by atoms with Gasteiger partial charge in [-0.25, -0.2) is 9.78 Å². The average molecular weight is 553 g/mol. The number of carbonyl (C=O) groups is 2. The summed E-state index contributed by atoms with van der Waals surface area (Å²) >= 11 is 0. The molecule has 2 aliphatic rings.